The SMILES string of the molecule is C=C1C(=O)[C@]23C[C@H]1C[C@@H](O)[C@H]2[C@]1(C)C[C@H](OC(C)=O)[C@H](OC(C)=O)C(C)(C)[C@H]1[C@@H](O)C3. The van der Waals surface area contributed by atoms with Gasteiger partial charge in [0.1, 0.15) is 12.2 Å². The van der Waals surface area contributed by atoms with Crippen molar-refractivity contribution in [2.24, 2.45) is 34.0 Å². The Bertz CT molecular complexity index is 847. The summed E-state index contributed by atoms with van der Waals surface area (Å²) in [6, 6.07) is 0. The van der Waals surface area contributed by atoms with Crippen LogP contribution >= 0.6 is 0 Å². The normalized spacial score (nSPS) is 47.9. The van der Waals surface area contributed by atoms with Crippen molar-refractivity contribution in [1.29, 1.82) is 0 Å². The van der Waals surface area contributed by atoms with Crippen LogP contribution in [0.1, 0.15) is 60.3 Å². The molecule has 2 bridgehead atoms. The molecule has 0 radical (unpaired) electrons. The van der Waals surface area contributed by atoms with Crippen LogP contribution in [0, 0.1) is 34.0 Å². The fraction of sp³-hybridized carbons (Fsp3) is 0.792. The van der Waals surface area contributed by atoms with E-state index in [2.05, 4.69) is 6.58 Å². The zero-order chi connectivity index (χ0) is 23.1. The quantitative estimate of drug-likeness (QED) is 0.506. The number of hydrogen-bond acceptors (Lipinski definition) is 7. The molecule has 4 aliphatic carbocycles. The van der Waals surface area contributed by atoms with Crippen molar-refractivity contribution in [3.63, 3.8) is 0 Å². The number of hydrogen-bond donors (Lipinski definition) is 2. The van der Waals surface area contributed by atoms with E-state index in [1.807, 2.05) is 20.8 Å². The van der Waals surface area contributed by atoms with Crippen molar-refractivity contribution >= 4 is 17.7 Å². The zero-order valence-corrected chi connectivity index (χ0v) is 19.0. The van der Waals surface area contributed by atoms with Crippen LogP contribution in [0.4, 0.5) is 0 Å². The average molecular weight is 435 g/mol. The Balaban J connectivity index is 1.85. The van der Waals surface area contributed by atoms with Crippen molar-refractivity contribution < 1.29 is 34.1 Å². The Hall–Kier alpha value is -1.73. The smallest absolute Gasteiger partial charge is 0.303 e. The molecule has 172 valence electrons. The van der Waals surface area contributed by atoms with E-state index in [1.54, 1.807) is 0 Å². The molecule has 4 aliphatic rings. The maximum atomic E-state index is 13.4. The van der Waals surface area contributed by atoms with Gasteiger partial charge in [0.25, 0.3) is 0 Å². The van der Waals surface area contributed by atoms with Crippen LogP contribution in [0.5, 0.6) is 0 Å². The van der Waals surface area contributed by atoms with E-state index in [4.69, 9.17) is 9.47 Å². The number of carbonyl (C=O) groups is 3. The van der Waals surface area contributed by atoms with Crippen LogP contribution < -0.4 is 0 Å². The fourth-order valence-electron chi connectivity index (χ4n) is 8.47. The number of carbonyl (C=O) groups excluding carboxylic acids is 3. The summed E-state index contributed by atoms with van der Waals surface area (Å²) in [6.07, 6.45) is -1.39. The molecule has 0 aliphatic heterocycles. The third kappa shape index (κ3) is 2.95. The van der Waals surface area contributed by atoms with Gasteiger partial charge in [-0.05, 0) is 48.5 Å². The van der Waals surface area contributed by atoms with Gasteiger partial charge >= 0.3 is 11.9 Å². The molecular formula is C24H34O7. The topological polar surface area (TPSA) is 110 Å². The first-order valence-electron chi connectivity index (χ1n) is 11.2. The molecule has 9 atom stereocenters. The van der Waals surface area contributed by atoms with Crippen LogP contribution in [0.25, 0.3) is 0 Å². The Morgan fingerprint density at radius 1 is 0.968 bits per heavy atom. The highest BCUT2D eigenvalue weighted by molar-refractivity contribution is 6.03. The summed E-state index contributed by atoms with van der Waals surface area (Å²) in [5.74, 6) is -1.82. The molecule has 0 aromatic carbocycles. The van der Waals surface area contributed by atoms with Gasteiger partial charge in [0, 0.05) is 30.6 Å². The summed E-state index contributed by atoms with van der Waals surface area (Å²) >= 11 is 0. The maximum absolute atomic E-state index is 13.4. The molecule has 4 fully saturated rings. The number of esters is 2. The summed E-state index contributed by atoms with van der Waals surface area (Å²) in [7, 11) is 0. The lowest BCUT2D eigenvalue weighted by atomic mass is 9.39. The van der Waals surface area contributed by atoms with Gasteiger partial charge < -0.3 is 19.7 Å². The van der Waals surface area contributed by atoms with Crippen LogP contribution in [0.2, 0.25) is 0 Å². The standard InChI is InChI=1S/C24H34O7/c1-11-14-7-15(27)19-23(6)10-17(30-12(2)25)21(31-13(3)26)22(4,5)18(23)16(28)9-24(19,8-14)20(11)29/h14-19,21,27-28H,1,7-10H2,2-6H3/t14-,15-,16+,17+,18-,19+,21+,23-,24+/m1/s1. The van der Waals surface area contributed by atoms with E-state index < -0.39 is 58.5 Å². The van der Waals surface area contributed by atoms with E-state index in [9.17, 15) is 24.6 Å². The lowest BCUT2D eigenvalue weighted by Crippen LogP contribution is -2.70. The van der Waals surface area contributed by atoms with Crippen molar-refractivity contribution in [2.75, 3.05) is 0 Å². The molecular weight excluding hydrogens is 400 g/mol. The number of ketones is 1. The second kappa shape index (κ2) is 6.88. The molecule has 0 saturated heterocycles. The minimum atomic E-state index is -0.852. The first-order valence-corrected chi connectivity index (χ1v) is 11.2. The molecule has 0 amide bonds. The maximum Gasteiger partial charge on any atom is 0.303 e. The van der Waals surface area contributed by atoms with E-state index in [1.165, 1.54) is 13.8 Å². The van der Waals surface area contributed by atoms with Gasteiger partial charge in [-0.25, -0.2) is 0 Å². The van der Waals surface area contributed by atoms with Gasteiger partial charge in [0.2, 0.25) is 0 Å². The number of rotatable bonds is 2. The highest BCUT2D eigenvalue weighted by Crippen LogP contribution is 2.71. The molecule has 0 aromatic heterocycles. The van der Waals surface area contributed by atoms with Gasteiger partial charge in [0.05, 0.1) is 12.2 Å². The van der Waals surface area contributed by atoms with Gasteiger partial charge in [-0.1, -0.05) is 27.4 Å². The van der Waals surface area contributed by atoms with E-state index in [-0.39, 0.29) is 24.0 Å². The number of aliphatic hydroxyl groups is 2. The Labute approximate surface area is 183 Å². The number of fused-ring (bicyclic) bond motifs is 3. The molecule has 0 aromatic rings. The molecule has 1 spiro atoms. The Kier molecular flexibility index (Phi) is 4.99. The molecule has 4 rings (SSSR count). The van der Waals surface area contributed by atoms with E-state index in [0.717, 1.165) is 0 Å². The minimum Gasteiger partial charge on any atom is -0.459 e. The molecule has 0 unspecified atom stereocenters. The Morgan fingerprint density at radius 2 is 1.58 bits per heavy atom. The van der Waals surface area contributed by atoms with Gasteiger partial charge in [0.15, 0.2) is 5.78 Å². The monoisotopic (exact) mass is 434 g/mol. The van der Waals surface area contributed by atoms with Gasteiger partial charge in [-0.3, -0.25) is 14.4 Å². The average Bonchev–Trinajstić information content (AvgIpc) is 2.77. The largest absolute Gasteiger partial charge is 0.459 e. The van der Waals surface area contributed by atoms with Gasteiger partial charge in [-0.2, -0.15) is 0 Å². The molecule has 7 heteroatoms. The van der Waals surface area contributed by atoms with Crippen LogP contribution in [0.3, 0.4) is 0 Å². The molecule has 2 N–H and O–H groups in total. The lowest BCUT2D eigenvalue weighted by Gasteiger charge is -2.67. The first-order chi connectivity index (χ1) is 14.3. The highest BCUT2D eigenvalue weighted by Gasteiger charge is 2.73. The van der Waals surface area contributed by atoms with E-state index in [0.29, 0.717) is 24.8 Å². The van der Waals surface area contributed by atoms with Crippen molar-refractivity contribution in [3.8, 4) is 0 Å². The summed E-state index contributed by atoms with van der Waals surface area (Å²) in [4.78, 5) is 37.2. The molecule has 31 heavy (non-hydrogen) atoms. The fourth-order valence-corrected chi connectivity index (χ4v) is 8.47. The highest BCUT2D eigenvalue weighted by atomic mass is 16.6. The van der Waals surface area contributed by atoms with Crippen molar-refractivity contribution in [3.05, 3.63) is 12.2 Å². The third-order valence-electron chi connectivity index (χ3n) is 8.86. The van der Waals surface area contributed by atoms with Gasteiger partial charge in [-0.15, -0.1) is 0 Å². The van der Waals surface area contributed by atoms with Crippen LogP contribution in [-0.4, -0.2) is 52.4 Å². The third-order valence-corrected chi connectivity index (χ3v) is 8.86. The number of allylic oxidation sites excluding steroid dienone is 1. The first kappa shape index (κ1) is 22.5. The molecule has 0 heterocycles. The van der Waals surface area contributed by atoms with Crippen molar-refractivity contribution in [1.82, 2.24) is 0 Å². The number of aliphatic hydroxyl groups excluding tert-OH is 2. The number of Topliss-reactive ketones (excluding diaryl/α,β-unsaturated/α-hetero) is 1. The minimum absolute atomic E-state index is 0.0401. The summed E-state index contributed by atoms with van der Waals surface area (Å²) in [5.41, 5.74) is -1.76. The van der Waals surface area contributed by atoms with Crippen LogP contribution in [-0.2, 0) is 23.9 Å². The predicted octanol–water partition coefficient (Wildman–Crippen LogP) is 2.18. The zero-order valence-electron chi connectivity index (χ0n) is 19.0. The van der Waals surface area contributed by atoms with E-state index >= 15 is 0 Å². The molecule has 7 nitrogen and oxygen atoms in total. The van der Waals surface area contributed by atoms with Crippen LogP contribution in [0.15, 0.2) is 12.2 Å². The molecule has 4 saturated carbocycles. The summed E-state index contributed by atoms with van der Waals surface area (Å²) in [6.45, 7) is 12.4. The summed E-state index contributed by atoms with van der Waals surface area (Å²) < 4.78 is 11.3. The second-order valence-corrected chi connectivity index (χ2v) is 11.2. The summed E-state index contributed by atoms with van der Waals surface area (Å²) in [5, 5.41) is 22.7. The second-order valence-electron chi connectivity index (χ2n) is 11.2. The van der Waals surface area contributed by atoms with Crippen molar-refractivity contribution in [2.45, 2.75) is 84.7 Å². The number of ether oxygens (including phenoxy) is 2. The Morgan fingerprint density at radius 3 is 2.16 bits per heavy atom. The lowest BCUT2D eigenvalue weighted by molar-refractivity contribution is -0.269. The predicted molar refractivity (Wildman–Crippen MR) is 111 cm³/mol.